The average Bonchev–Trinajstić information content (AvgIpc) is 2.26. The van der Waals surface area contributed by atoms with Gasteiger partial charge in [-0.25, -0.2) is 0 Å². The predicted octanol–water partition coefficient (Wildman–Crippen LogP) is 3.04. The zero-order valence-electron chi connectivity index (χ0n) is 11.3. The van der Waals surface area contributed by atoms with Crippen molar-refractivity contribution in [1.29, 1.82) is 0 Å². The zero-order chi connectivity index (χ0) is 11.9. The molecule has 3 aliphatic rings. The van der Waals surface area contributed by atoms with Crippen LogP contribution in [0, 0.1) is 5.41 Å². The van der Waals surface area contributed by atoms with Gasteiger partial charge >= 0.3 is 0 Å². The molecule has 0 aromatic rings. The van der Waals surface area contributed by atoms with E-state index in [0.717, 1.165) is 19.7 Å². The van der Waals surface area contributed by atoms with Crippen molar-refractivity contribution in [2.45, 2.75) is 58.0 Å². The predicted molar refractivity (Wildman–Crippen MR) is 70.1 cm³/mol. The molecule has 2 heterocycles. The van der Waals surface area contributed by atoms with Crippen LogP contribution in [0.4, 0.5) is 0 Å². The summed E-state index contributed by atoms with van der Waals surface area (Å²) in [5.74, 6) is 0. The lowest BCUT2D eigenvalue weighted by molar-refractivity contribution is -0.113. The number of rotatable bonds is 0. The summed E-state index contributed by atoms with van der Waals surface area (Å²) < 4.78 is 6.04. The SMILES string of the molecule is CC1(C)CNCCC1=C1CCOC2(CCC2)C1. The molecule has 0 atom stereocenters. The topological polar surface area (TPSA) is 21.3 Å². The lowest BCUT2D eigenvalue weighted by Crippen LogP contribution is -2.45. The van der Waals surface area contributed by atoms with Crippen molar-refractivity contribution in [3.05, 3.63) is 11.1 Å². The minimum absolute atomic E-state index is 0.265. The Morgan fingerprint density at radius 3 is 2.65 bits per heavy atom. The van der Waals surface area contributed by atoms with E-state index in [0.29, 0.717) is 5.41 Å². The van der Waals surface area contributed by atoms with E-state index in [9.17, 15) is 0 Å². The minimum atomic E-state index is 0.265. The van der Waals surface area contributed by atoms with Crippen LogP contribution in [-0.4, -0.2) is 25.3 Å². The normalized spacial score (nSPS) is 35.6. The molecule has 0 aromatic carbocycles. The van der Waals surface area contributed by atoms with Crippen LogP contribution in [0.2, 0.25) is 0 Å². The van der Waals surface area contributed by atoms with E-state index in [4.69, 9.17) is 4.74 Å². The highest BCUT2D eigenvalue weighted by atomic mass is 16.5. The molecule has 1 aliphatic carbocycles. The molecule has 0 radical (unpaired) electrons. The number of nitrogens with one attached hydrogen (secondary N) is 1. The van der Waals surface area contributed by atoms with E-state index >= 15 is 0 Å². The third-order valence-electron chi connectivity index (χ3n) is 4.97. The number of hydrogen-bond acceptors (Lipinski definition) is 2. The Morgan fingerprint density at radius 1 is 1.18 bits per heavy atom. The standard InChI is InChI=1S/C15H25NO/c1-14(2)11-16-8-4-13(14)12-5-9-17-15(10-12)6-3-7-15/h16H,3-11H2,1-2H3. The molecular weight excluding hydrogens is 210 g/mol. The second-order valence-electron chi connectivity index (χ2n) is 6.70. The van der Waals surface area contributed by atoms with E-state index in [1.165, 1.54) is 38.5 Å². The third kappa shape index (κ3) is 2.06. The first kappa shape index (κ1) is 11.7. The van der Waals surface area contributed by atoms with Gasteiger partial charge in [-0.15, -0.1) is 0 Å². The van der Waals surface area contributed by atoms with E-state index < -0.39 is 0 Å². The first-order valence-corrected chi connectivity index (χ1v) is 7.17. The molecule has 1 N–H and O–H groups in total. The van der Waals surface area contributed by atoms with Crippen LogP contribution < -0.4 is 5.32 Å². The van der Waals surface area contributed by atoms with Crippen molar-refractivity contribution in [3.63, 3.8) is 0 Å². The molecule has 3 rings (SSSR count). The fourth-order valence-electron chi connectivity index (χ4n) is 3.78. The Hall–Kier alpha value is -0.340. The van der Waals surface area contributed by atoms with Gasteiger partial charge in [-0.1, -0.05) is 25.0 Å². The molecule has 2 nitrogen and oxygen atoms in total. The van der Waals surface area contributed by atoms with E-state index in [-0.39, 0.29) is 5.60 Å². The van der Waals surface area contributed by atoms with Gasteiger partial charge in [0.05, 0.1) is 12.2 Å². The summed E-state index contributed by atoms with van der Waals surface area (Å²) in [6, 6.07) is 0. The second kappa shape index (κ2) is 4.10. The molecule has 0 amide bonds. The van der Waals surface area contributed by atoms with Crippen molar-refractivity contribution in [2.75, 3.05) is 19.7 Å². The van der Waals surface area contributed by atoms with Gasteiger partial charge in [0.2, 0.25) is 0 Å². The fraction of sp³-hybridized carbons (Fsp3) is 0.867. The maximum atomic E-state index is 6.04. The molecule has 0 bridgehead atoms. The first-order chi connectivity index (χ1) is 8.11. The molecular formula is C15H25NO. The Bertz CT molecular complexity index is 339. The van der Waals surface area contributed by atoms with Crippen molar-refractivity contribution in [3.8, 4) is 0 Å². The molecule has 2 heteroatoms. The van der Waals surface area contributed by atoms with Gasteiger partial charge in [0, 0.05) is 6.54 Å². The lowest BCUT2D eigenvalue weighted by atomic mass is 9.69. The van der Waals surface area contributed by atoms with E-state index in [1.807, 2.05) is 0 Å². The van der Waals surface area contributed by atoms with E-state index in [1.54, 1.807) is 11.1 Å². The maximum Gasteiger partial charge on any atom is 0.0719 e. The van der Waals surface area contributed by atoms with Crippen molar-refractivity contribution < 1.29 is 4.74 Å². The maximum absolute atomic E-state index is 6.04. The Morgan fingerprint density at radius 2 is 2.00 bits per heavy atom. The highest BCUT2D eigenvalue weighted by Gasteiger charge is 2.42. The van der Waals surface area contributed by atoms with Crippen LogP contribution in [0.3, 0.4) is 0 Å². The van der Waals surface area contributed by atoms with Gasteiger partial charge < -0.3 is 10.1 Å². The van der Waals surface area contributed by atoms with Crippen molar-refractivity contribution in [2.24, 2.45) is 5.41 Å². The fourth-order valence-corrected chi connectivity index (χ4v) is 3.78. The van der Waals surface area contributed by atoms with E-state index in [2.05, 4.69) is 19.2 Å². The van der Waals surface area contributed by atoms with Gasteiger partial charge in [-0.3, -0.25) is 0 Å². The summed E-state index contributed by atoms with van der Waals surface area (Å²) in [6.45, 7) is 8.05. The largest absolute Gasteiger partial charge is 0.374 e. The summed E-state index contributed by atoms with van der Waals surface area (Å²) in [4.78, 5) is 0. The Balaban J connectivity index is 1.85. The summed E-state index contributed by atoms with van der Waals surface area (Å²) in [6.07, 6.45) is 7.61. The molecule has 3 fully saturated rings. The molecule has 2 saturated heterocycles. The number of piperidine rings is 1. The van der Waals surface area contributed by atoms with Crippen LogP contribution in [-0.2, 0) is 4.74 Å². The molecule has 96 valence electrons. The lowest BCUT2D eigenvalue weighted by Gasteiger charge is -2.47. The van der Waals surface area contributed by atoms with Gasteiger partial charge in [-0.05, 0) is 50.5 Å². The third-order valence-corrected chi connectivity index (χ3v) is 4.97. The van der Waals surface area contributed by atoms with Crippen LogP contribution in [0.25, 0.3) is 0 Å². The molecule has 17 heavy (non-hydrogen) atoms. The summed E-state index contributed by atoms with van der Waals surface area (Å²) in [5, 5.41) is 3.53. The summed E-state index contributed by atoms with van der Waals surface area (Å²) in [5.41, 5.74) is 4.10. The van der Waals surface area contributed by atoms with Crippen LogP contribution in [0.1, 0.15) is 52.4 Å². The average molecular weight is 235 g/mol. The minimum Gasteiger partial charge on any atom is -0.374 e. The monoisotopic (exact) mass is 235 g/mol. The Labute approximate surface area is 105 Å². The molecule has 0 unspecified atom stereocenters. The first-order valence-electron chi connectivity index (χ1n) is 7.17. The zero-order valence-corrected chi connectivity index (χ0v) is 11.3. The second-order valence-corrected chi connectivity index (χ2v) is 6.70. The van der Waals surface area contributed by atoms with Crippen LogP contribution in [0.5, 0.6) is 0 Å². The van der Waals surface area contributed by atoms with Crippen molar-refractivity contribution in [1.82, 2.24) is 5.32 Å². The van der Waals surface area contributed by atoms with Gasteiger partial charge in [0.1, 0.15) is 0 Å². The van der Waals surface area contributed by atoms with Gasteiger partial charge in [0.25, 0.3) is 0 Å². The summed E-state index contributed by atoms with van der Waals surface area (Å²) in [7, 11) is 0. The smallest absolute Gasteiger partial charge is 0.0719 e. The number of hydrogen-bond donors (Lipinski definition) is 1. The molecule has 2 aliphatic heterocycles. The molecule has 1 saturated carbocycles. The van der Waals surface area contributed by atoms with Crippen LogP contribution in [0.15, 0.2) is 11.1 Å². The highest BCUT2D eigenvalue weighted by Crippen LogP contribution is 2.47. The Kier molecular flexibility index (Phi) is 2.83. The molecule has 0 aromatic heterocycles. The summed E-state index contributed by atoms with van der Waals surface area (Å²) >= 11 is 0. The number of ether oxygens (including phenoxy) is 1. The van der Waals surface area contributed by atoms with Crippen LogP contribution >= 0.6 is 0 Å². The quantitative estimate of drug-likeness (QED) is 0.652. The van der Waals surface area contributed by atoms with Gasteiger partial charge in [0.15, 0.2) is 0 Å². The molecule has 1 spiro atoms. The van der Waals surface area contributed by atoms with Gasteiger partial charge in [-0.2, -0.15) is 0 Å². The highest BCUT2D eigenvalue weighted by molar-refractivity contribution is 5.27. The van der Waals surface area contributed by atoms with Crippen molar-refractivity contribution >= 4 is 0 Å².